The van der Waals surface area contributed by atoms with Crippen LogP contribution in [0.15, 0.2) is 41.3 Å². The lowest BCUT2D eigenvalue weighted by Crippen LogP contribution is -2.45. The van der Waals surface area contributed by atoms with E-state index in [2.05, 4.69) is 4.98 Å². The van der Waals surface area contributed by atoms with E-state index in [9.17, 15) is 24.6 Å². The number of benzene rings is 1. The zero-order valence-corrected chi connectivity index (χ0v) is 26.7. The van der Waals surface area contributed by atoms with E-state index in [0.717, 1.165) is 22.7 Å². The van der Waals surface area contributed by atoms with Gasteiger partial charge in [-0.05, 0) is 56.4 Å². The number of aliphatic hydroxyl groups is 2. The highest BCUT2D eigenvalue weighted by molar-refractivity contribution is 7.09. The van der Waals surface area contributed by atoms with Crippen LogP contribution in [0.2, 0.25) is 0 Å². The monoisotopic (exact) mass is 612 g/mol. The minimum atomic E-state index is -1.30. The Labute approximate surface area is 257 Å². The molecule has 4 rings (SSSR count). The molecule has 0 spiro atoms. The van der Waals surface area contributed by atoms with Crippen molar-refractivity contribution in [2.75, 3.05) is 0 Å². The van der Waals surface area contributed by atoms with Gasteiger partial charge in [0.2, 0.25) is 0 Å². The number of aliphatic hydroxyl groups excluding tert-OH is 2. The summed E-state index contributed by atoms with van der Waals surface area (Å²) in [6, 6.07) is 8.51. The topological polar surface area (TPSA) is 126 Å². The number of Topliss-reactive ketones (excluding diaryl/α,β-unsaturated/α-hetero) is 1. The number of fused-ring (bicyclic) bond motifs is 1. The molecule has 234 valence electrons. The molecule has 7 atom stereocenters. The molecule has 0 unspecified atom stereocenters. The summed E-state index contributed by atoms with van der Waals surface area (Å²) < 4.78 is 11.6. The number of ether oxygens (including phenoxy) is 2. The van der Waals surface area contributed by atoms with Crippen molar-refractivity contribution in [3.8, 4) is 5.75 Å². The summed E-state index contributed by atoms with van der Waals surface area (Å²) in [5, 5.41) is 24.9. The molecule has 0 aliphatic carbocycles. The van der Waals surface area contributed by atoms with Crippen LogP contribution in [0.25, 0.3) is 6.08 Å². The van der Waals surface area contributed by atoms with Gasteiger partial charge in [0.15, 0.2) is 0 Å². The van der Waals surface area contributed by atoms with Crippen molar-refractivity contribution in [2.24, 2.45) is 17.3 Å². The van der Waals surface area contributed by atoms with E-state index in [-0.39, 0.29) is 30.2 Å². The fraction of sp³-hybridized carbons (Fsp3) is 0.576. The fourth-order valence-electron chi connectivity index (χ4n) is 6.01. The molecule has 43 heavy (non-hydrogen) atoms. The van der Waals surface area contributed by atoms with E-state index >= 15 is 0 Å². The number of aromatic nitrogens is 1. The summed E-state index contributed by atoms with van der Waals surface area (Å²) >= 11 is 1.52. The average Bonchev–Trinajstić information content (AvgIpc) is 3.49. The minimum Gasteiger partial charge on any atom is -0.458 e. The summed E-state index contributed by atoms with van der Waals surface area (Å²) in [6.45, 7) is 10.6. The highest BCUT2D eigenvalue weighted by atomic mass is 32.1. The Balaban J connectivity index is 1.63. The number of rotatable bonds is 3. The summed E-state index contributed by atoms with van der Waals surface area (Å²) in [5.74, 6) is -1.41. The number of thiazole rings is 1. The molecule has 2 fully saturated rings. The second-order valence-electron chi connectivity index (χ2n) is 12.6. The number of carbonyl (C=O) groups excluding carboxylic acids is 3. The molecular weight excluding hydrogens is 568 g/mol. The van der Waals surface area contributed by atoms with Crippen LogP contribution >= 0.6 is 11.3 Å². The van der Waals surface area contributed by atoms with Gasteiger partial charge in [-0.3, -0.25) is 14.5 Å². The first kappa shape index (κ1) is 32.8. The molecule has 2 aliphatic rings. The van der Waals surface area contributed by atoms with Crippen LogP contribution < -0.4 is 4.74 Å². The molecule has 2 saturated heterocycles. The maximum Gasteiger partial charge on any atom is 0.415 e. The average molecular weight is 613 g/mol. The third kappa shape index (κ3) is 7.91. The van der Waals surface area contributed by atoms with Gasteiger partial charge in [-0.25, -0.2) is 9.78 Å². The summed E-state index contributed by atoms with van der Waals surface area (Å²) in [6.07, 6.45) is 0.531. The normalized spacial score (nSPS) is 30.7. The Morgan fingerprint density at radius 3 is 2.49 bits per heavy atom. The van der Waals surface area contributed by atoms with E-state index in [4.69, 9.17) is 9.47 Å². The number of para-hydroxylation sites is 1. The third-order valence-corrected chi connectivity index (χ3v) is 9.77. The van der Waals surface area contributed by atoms with Crippen molar-refractivity contribution >= 4 is 35.3 Å². The van der Waals surface area contributed by atoms with Crippen LogP contribution in [0.5, 0.6) is 5.75 Å². The zero-order valence-electron chi connectivity index (χ0n) is 25.9. The van der Waals surface area contributed by atoms with Crippen molar-refractivity contribution in [3.63, 3.8) is 0 Å². The Morgan fingerprint density at radius 2 is 1.84 bits per heavy atom. The van der Waals surface area contributed by atoms with Gasteiger partial charge in [0.05, 0.1) is 46.8 Å². The second kappa shape index (κ2) is 13.7. The van der Waals surface area contributed by atoms with Crippen molar-refractivity contribution in [1.29, 1.82) is 0 Å². The zero-order chi connectivity index (χ0) is 31.5. The van der Waals surface area contributed by atoms with E-state index in [1.165, 1.54) is 11.3 Å². The summed E-state index contributed by atoms with van der Waals surface area (Å²) in [5.41, 5.74) is 0.245. The highest BCUT2D eigenvalue weighted by Gasteiger charge is 2.53. The first-order chi connectivity index (χ1) is 20.3. The smallest absolute Gasteiger partial charge is 0.415 e. The van der Waals surface area contributed by atoms with Gasteiger partial charge < -0.3 is 19.7 Å². The standard InChI is InChI=1S/C33H44N2O7S/c1-19-11-10-14-25-26(35(25)32(40)41-24-12-8-7-9-13-24)16-27(20(2)15-23-18-43-22(4)34-23)42-29(37)17-28(36)33(5,6)31(39)21(3)30(19)38/h7-9,12-13,15,18-19,21,25-28,30,36,38H,10-11,14,16-17H2,1-6H3/b20-15+/t19-,21+,25+,26-,27-,28-,30-,35?/m0/s1. The molecule has 0 radical (unpaired) electrons. The van der Waals surface area contributed by atoms with Crippen LogP contribution in [0.4, 0.5) is 4.79 Å². The van der Waals surface area contributed by atoms with Crippen molar-refractivity contribution < 1.29 is 34.1 Å². The van der Waals surface area contributed by atoms with E-state index in [1.54, 1.807) is 49.9 Å². The van der Waals surface area contributed by atoms with Crippen LogP contribution in [0, 0.1) is 24.2 Å². The maximum atomic E-state index is 13.4. The van der Waals surface area contributed by atoms with Gasteiger partial charge in [0, 0.05) is 17.7 Å². The largest absolute Gasteiger partial charge is 0.458 e. The number of aryl methyl sites for hydroxylation is 1. The SMILES string of the molecule is C/C(=C\c1csc(C)n1)[C@@H]1C[C@H]2[C@@H](CCC[C@H](C)[C@H](O)[C@@H](C)C(=O)C(C)(C)[C@@H](O)CC(=O)O1)N2C(=O)Oc1ccccc1. The highest BCUT2D eigenvalue weighted by Crippen LogP contribution is 2.40. The number of esters is 1. The summed E-state index contributed by atoms with van der Waals surface area (Å²) in [4.78, 5) is 46.1. The molecule has 9 nitrogen and oxygen atoms in total. The second-order valence-corrected chi connectivity index (χ2v) is 13.7. The lowest BCUT2D eigenvalue weighted by Gasteiger charge is -2.34. The molecule has 2 aromatic rings. The molecule has 1 amide bonds. The maximum absolute atomic E-state index is 13.4. The molecule has 0 bridgehead atoms. The third-order valence-electron chi connectivity index (χ3n) is 8.97. The Hall–Kier alpha value is -3.08. The van der Waals surface area contributed by atoms with Gasteiger partial charge in [-0.1, -0.05) is 52.3 Å². The molecule has 3 heterocycles. The Morgan fingerprint density at radius 1 is 1.14 bits per heavy atom. The molecule has 10 heteroatoms. The summed E-state index contributed by atoms with van der Waals surface area (Å²) in [7, 11) is 0. The number of cyclic esters (lactones) is 1. The molecule has 2 aliphatic heterocycles. The number of ketones is 1. The van der Waals surface area contributed by atoms with Crippen LogP contribution in [-0.4, -0.2) is 68.3 Å². The number of hydrogen-bond acceptors (Lipinski definition) is 9. The molecule has 0 saturated carbocycles. The van der Waals surface area contributed by atoms with Crippen LogP contribution in [0.1, 0.15) is 77.4 Å². The first-order valence-electron chi connectivity index (χ1n) is 15.0. The van der Waals surface area contributed by atoms with E-state index in [1.807, 2.05) is 38.3 Å². The lowest BCUT2D eigenvalue weighted by atomic mass is 9.73. The predicted octanol–water partition coefficient (Wildman–Crippen LogP) is 5.57. The van der Waals surface area contributed by atoms with Crippen molar-refractivity contribution in [2.45, 2.75) is 104 Å². The molecular formula is C33H44N2O7S. The number of hydrogen-bond donors (Lipinski definition) is 2. The van der Waals surface area contributed by atoms with E-state index < -0.39 is 41.7 Å². The van der Waals surface area contributed by atoms with E-state index in [0.29, 0.717) is 25.0 Å². The van der Waals surface area contributed by atoms with Gasteiger partial charge >= 0.3 is 12.1 Å². The van der Waals surface area contributed by atoms with Gasteiger partial charge in [-0.15, -0.1) is 11.3 Å². The Bertz CT molecular complexity index is 1320. The number of nitrogens with zero attached hydrogens (tertiary/aromatic N) is 2. The fourth-order valence-corrected chi connectivity index (χ4v) is 6.58. The number of amides is 1. The quantitative estimate of drug-likeness (QED) is 0.340. The molecule has 2 N–H and O–H groups in total. The van der Waals surface area contributed by atoms with Crippen molar-refractivity contribution in [3.05, 3.63) is 52.0 Å². The van der Waals surface area contributed by atoms with Crippen molar-refractivity contribution in [1.82, 2.24) is 9.88 Å². The predicted molar refractivity (Wildman–Crippen MR) is 164 cm³/mol. The van der Waals surface area contributed by atoms with Gasteiger partial charge in [0.25, 0.3) is 0 Å². The van der Waals surface area contributed by atoms with Gasteiger partial charge in [-0.2, -0.15) is 0 Å². The molecule has 1 aromatic carbocycles. The lowest BCUT2D eigenvalue weighted by molar-refractivity contribution is -0.154. The van der Waals surface area contributed by atoms with Crippen LogP contribution in [0.3, 0.4) is 0 Å². The first-order valence-corrected chi connectivity index (χ1v) is 15.9. The number of carbonyl (C=O) groups is 3. The molecule has 1 aromatic heterocycles. The Kier molecular flexibility index (Phi) is 10.5. The van der Waals surface area contributed by atoms with Crippen LogP contribution in [-0.2, 0) is 14.3 Å². The minimum absolute atomic E-state index is 0.132. The van der Waals surface area contributed by atoms with Gasteiger partial charge in [0.1, 0.15) is 17.6 Å².